The zero-order valence-electron chi connectivity index (χ0n) is 15.1. The van der Waals surface area contributed by atoms with E-state index in [-0.39, 0.29) is 12.5 Å². The molecule has 26 heavy (non-hydrogen) atoms. The summed E-state index contributed by atoms with van der Waals surface area (Å²) in [7, 11) is 0. The first-order valence-corrected chi connectivity index (χ1v) is 8.84. The van der Waals surface area contributed by atoms with Gasteiger partial charge >= 0.3 is 0 Å². The first-order valence-electron chi connectivity index (χ1n) is 8.84. The number of carbonyl (C=O) groups is 1. The molecule has 1 aliphatic rings. The van der Waals surface area contributed by atoms with E-state index in [9.17, 15) is 4.79 Å². The van der Waals surface area contributed by atoms with Crippen LogP contribution in [-0.4, -0.2) is 38.4 Å². The number of hydrogen-bond acceptors (Lipinski definition) is 3. The summed E-state index contributed by atoms with van der Waals surface area (Å²) >= 11 is 0. The molecule has 0 saturated heterocycles. The summed E-state index contributed by atoms with van der Waals surface area (Å²) < 4.78 is 9.33. The van der Waals surface area contributed by atoms with Gasteiger partial charge in [-0.15, -0.1) is 0 Å². The van der Waals surface area contributed by atoms with Gasteiger partial charge in [-0.2, -0.15) is 5.10 Å². The van der Waals surface area contributed by atoms with Crippen molar-refractivity contribution in [1.82, 2.24) is 19.2 Å². The topological polar surface area (TPSA) is 52.3 Å². The second-order valence-electron chi connectivity index (χ2n) is 6.42. The van der Waals surface area contributed by atoms with Gasteiger partial charge in [0.15, 0.2) is 0 Å². The second kappa shape index (κ2) is 6.80. The van der Waals surface area contributed by atoms with Crippen molar-refractivity contribution < 1.29 is 9.53 Å². The first-order chi connectivity index (χ1) is 12.7. The maximum absolute atomic E-state index is 12.3. The van der Waals surface area contributed by atoms with E-state index in [4.69, 9.17) is 9.84 Å². The van der Waals surface area contributed by atoms with E-state index in [1.165, 1.54) is 0 Å². The normalized spacial score (nSPS) is 13.2. The van der Waals surface area contributed by atoms with Gasteiger partial charge in [-0.25, -0.2) is 4.68 Å². The zero-order chi connectivity index (χ0) is 18.1. The Kier molecular flexibility index (Phi) is 4.34. The molecule has 0 bridgehead atoms. The highest BCUT2D eigenvalue weighted by Crippen LogP contribution is 2.31. The van der Waals surface area contributed by atoms with Crippen LogP contribution in [0.2, 0.25) is 0 Å². The quantitative estimate of drug-likeness (QED) is 0.711. The molecule has 0 spiro atoms. The number of rotatable bonds is 5. The van der Waals surface area contributed by atoms with Gasteiger partial charge in [0.2, 0.25) is 5.91 Å². The number of para-hydroxylation sites is 1. The number of aryl methyl sites for hydroxylation is 1. The van der Waals surface area contributed by atoms with E-state index in [1.807, 2.05) is 53.2 Å². The number of carbonyl (C=O) groups excluding carboxylic acids is 1. The lowest BCUT2D eigenvalue weighted by molar-refractivity contribution is -0.136. The molecular weight excluding hydrogens is 328 g/mol. The van der Waals surface area contributed by atoms with Gasteiger partial charge in [-0.3, -0.25) is 4.79 Å². The van der Waals surface area contributed by atoms with E-state index < -0.39 is 0 Å². The van der Waals surface area contributed by atoms with Crippen molar-refractivity contribution in [3.05, 3.63) is 65.6 Å². The number of nitrogens with zero attached hydrogens (tertiary/aromatic N) is 4. The fourth-order valence-electron chi connectivity index (χ4n) is 3.37. The van der Waals surface area contributed by atoms with Crippen LogP contribution in [0, 0.1) is 6.92 Å². The monoisotopic (exact) mass is 350 g/mol. The van der Waals surface area contributed by atoms with Crippen molar-refractivity contribution in [2.75, 3.05) is 13.2 Å². The molecule has 3 heterocycles. The van der Waals surface area contributed by atoms with E-state index in [2.05, 4.69) is 23.6 Å². The van der Waals surface area contributed by atoms with Gasteiger partial charge in [0, 0.05) is 24.6 Å². The van der Waals surface area contributed by atoms with Crippen LogP contribution in [0.15, 0.2) is 48.8 Å². The Hall–Kier alpha value is -2.86. The van der Waals surface area contributed by atoms with Crippen molar-refractivity contribution >= 4 is 5.91 Å². The van der Waals surface area contributed by atoms with Crippen molar-refractivity contribution in [3.8, 4) is 11.5 Å². The van der Waals surface area contributed by atoms with Crippen LogP contribution < -0.4 is 0 Å². The number of amides is 1. The van der Waals surface area contributed by atoms with Crippen LogP contribution in [0.5, 0.6) is 0 Å². The van der Waals surface area contributed by atoms with Gasteiger partial charge in [0.25, 0.3) is 0 Å². The zero-order valence-corrected chi connectivity index (χ0v) is 15.1. The lowest BCUT2D eigenvalue weighted by Crippen LogP contribution is -2.30. The summed E-state index contributed by atoms with van der Waals surface area (Å²) in [5.41, 5.74) is 4.25. The highest BCUT2D eigenvalue weighted by Gasteiger charge is 2.31. The summed E-state index contributed by atoms with van der Waals surface area (Å²) in [6.07, 6.45) is 4.02. The smallest absolute Gasteiger partial charge is 0.249 e. The Bertz CT molecular complexity index is 927. The number of ether oxygens (including phenoxy) is 1. The molecule has 0 atom stereocenters. The molecule has 0 unspecified atom stereocenters. The SMILES string of the molecule is CCOCC(=O)N1Cc2nn(-c3ccccc3C)c(-n3cccc3)c2C1. The Morgan fingerprint density at radius 3 is 2.65 bits per heavy atom. The average Bonchev–Trinajstić information content (AvgIpc) is 3.35. The molecule has 4 rings (SSSR count). The average molecular weight is 350 g/mol. The summed E-state index contributed by atoms with van der Waals surface area (Å²) in [6.45, 7) is 5.72. The second-order valence-corrected chi connectivity index (χ2v) is 6.42. The third-order valence-corrected chi connectivity index (χ3v) is 4.70. The third kappa shape index (κ3) is 2.82. The minimum atomic E-state index is 0.00532. The van der Waals surface area contributed by atoms with Crippen LogP contribution in [0.4, 0.5) is 0 Å². The molecule has 0 saturated carbocycles. The third-order valence-electron chi connectivity index (χ3n) is 4.70. The van der Waals surface area contributed by atoms with Crippen molar-refractivity contribution in [2.45, 2.75) is 26.9 Å². The Morgan fingerprint density at radius 2 is 1.92 bits per heavy atom. The number of hydrogen-bond donors (Lipinski definition) is 0. The van der Waals surface area contributed by atoms with Crippen LogP contribution >= 0.6 is 0 Å². The molecule has 2 aromatic heterocycles. The van der Waals surface area contributed by atoms with Gasteiger partial charge in [-0.05, 0) is 37.6 Å². The van der Waals surface area contributed by atoms with E-state index in [1.54, 1.807) is 0 Å². The summed E-state index contributed by atoms with van der Waals surface area (Å²) in [5, 5.41) is 4.85. The van der Waals surface area contributed by atoms with Gasteiger partial charge in [0.1, 0.15) is 12.4 Å². The molecule has 1 aromatic carbocycles. The highest BCUT2D eigenvalue weighted by atomic mass is 16.5. The number of benzene rings is 1. The predicted molar refractivity (Wildman–Crippen MR) is 98.4 cm³/mol. The van der Waals surface area contributed by atoms with Crippen molar-refractivity contribution in [2.24, 2.45) is 0 Å². The lowest BCUT2D eigenvalue weighted by atomic mass is 10.2. The molecule has 6 nitrogen and oxygen atoms in total. The number of fused-ring (bicyclic) bond motifs is 1. The van der Waals surface area contributed by atoms with Crippen LogP contribution in [0.1, 0.15) is 23.7 Å². The molecule has 0 N–H and O–H groups in total. The van der Waals surface area contributed by atoms with E-state index in [0.717, 1.165) is 28.3 Å². The number of aromatic nitrogens is 3. The molecule has 3 aromatic rings. The predicted octanol–water partition coefficient (Wildman–Crippen LogP) is 2.85. The summed E-state index contributed by atoms with van der Waals surface area (Å²) in [4.78, 5) is 14.1. The standard InChI is InChI=1S/C20H22N4O2/c1-3-26-14-19(25)23-12-16-17(13-23)21-24(18-9-5-4-8-15(18)2)20(16)22-10-6-7-11-22/h4-11H,3,12-14H2,1-2H3. The van der Waals surface area contributed by atoms with Gasteiger partial charge < -0.3 is 14.2 Å². The molecule has 0 fully saturated rings. The maximum Gasteiger partial charge on any atom is 0.249 e. The highest BCUT2D eigenvalue weighted by molar-refractivity contribution is 5.78. The maximum atomic E-state index is 12.3. The Balaban J connectivity index is 1.75. The minimum Gasteiger partial charge on any atom is -0.372 e. The van der Waals surface area contributed by atoms with Crippen LogP contribution in [0.3, 0.4) is 0 Å². The van der Waals surface area contributed by atoms with E-state index >= 15 is 0 Å². The van der Waals surface area contributed by atoms with Crippen LogP contribution in [-0.2, 0) is 22.6 Å². The van der Waals surface area contributed by atoms with Crippen LogP contribution in [0.25, 0.3) is 11.5 Å². The molecule has 1 amide bonds. The fourth-order valence-corrected chi connectivity index (χ4v) is 3.37. The van der Waals surface area contributed by atoms with Gasteiger partial charge in [-0.1, -0.05) is 18.2 Å². The lowest BCUT2D eigenvalue weighted by Gasteiger charge is -2.18. The van der Waals surface area contributed by atoms with Crippen molar-refractivity contribution in [3.63, 3.8) is 0 Å². The molecule has 0 aliphatic carbocycles. The Labute approximate surface area is 152 Å². The largest absolute Gasteiger partial charge is 0.372 e. The molecule has 0 radical (unpaired) electrons. The summed E-state index contributed by atoms with van der Waals surface area (Å²) in [6, 6.07) is 12.2. The Morgan fingerprint density at radius 1 is 1.15 bits per heavy atom. The minimum absolute atomic E-state index is 0.00532. The van der Waals surface area contributed by atoms with E-state index in [0.29, 0.717) is 19.7 Å². The summed E-state index contributed by atoms with van der Waals surface area (Å²) in [5.74, 6) is 0.997. The fraction of sp³-hybridized carbons (Fsp3) is 0.300. The molecule has 1 aliphatic heterocycles. The molecular formula is C20H22N4O2. The molecule has 134 valence electrons. The molecule has 6 heteroatoms. The van der Waals surface area contributed by atoms with Crippen molar-refractivity contribution in [1.29, 1.82) is 0 Å². The van der Waals surface area contributed by atoms with Gasteiger partial charge in [0.05, 0.1) is 24.5 Å². The first kappa shape index (κ1) is 16.6.